The fourth-order valence-electron chi connectivity index (χ4n) is 2.21. The lowest BCUT2D eigenvalue weighted by Gasteiger charge is -2.17. The molecule has 1 N–H and O–H groups in total. The second-order valence-electron chi connectivity index (χ2n) is 5.28. The third kappa shape index (κ3) is 5.43. The molecular weight excluding hydrogens is 342 g/mol. The number of benzene rings is 2. The van der Waals surface area contributed by atoms with Gasteiger partial charge in [-0.15, -0.1) is 0 Å². The highest BCUT2D eigenvalue weighted by Gasteiger charge is 2.26. The van der Waals surface area contributed by atoms with E-state index in [1.54, 1.807) is 61.5 Å². The first kappa shape index (κ1) is 18.7. The maximum Gasteiger partial charge on any atom is 0.329 e. The molecule has 130 valence electrons. The molecule has 0 radical (unpaired) electrons. The van der Waals surface area contributed by atoms with Crippen molar-refractivity contribution in [1.29, 1.82) is 0 Å². The van der Waals surface area contributed by atoms with Crippen LogP contribution >= 0.6 is 11.6 Å². The molecule has 1 amide bonds. The van der Waals surface area contributed by atoms with Gasteiger partial charge in [0.25, 0.3) is 5.91 Å². The van der Waals surface area contributed by atoms with Gasteiger partial charge in [-0.25, -0.2) is 4.79 Å². The molecular formula is C19H18ClNO4. The summed E-state index contributed by atoms with van der Waals surface area (Å²) in [7, 11) is 0. The van der Waals surface area contributed by atoms with Gasteiger partial charge >= 0.3 is 5.97 Å². The van der Waals surface area contributed by atoms with Gasteiger partial charge in [-0.3, -0.25) is 9.59 Å². The summed E-state index contributed by atoms with van der Waals surface area (Å²) in [6, 6.07) is 13.8. The Labute approximate surface area is 150 Å². The summed E-state index contributed by atoms with van der Waals surface area (Å²) in [6.07, 6.45) is -0.178. The van der Waals surface area contributed by atoms with Crippen LogP contribution in [0.2, 0.25) is 5.02 Å². The summed E-state index contributed by atoms with van der Waals surface area (Å²) in [5, 5.41) is 3.06. The molecule has 1 atom stereocenters. The van der Waals surface area contributed by atoms with E-state index in [0.717, 1.165) is 0 Å². The third-order valence-electron chi connectivity index (χ3n) is 3.47. The van der Waals surface area contributed by atoms with Crippen molar-refractivity contribution >= 4 is 29.3 Å². The van der Waals surface area contributed by atoms with Crippen molar-refractivity contribution in [3.8, 4) is 0 Å². The maximum atomic E-state index is 12.3. The third-order valence-corrected chi connectivity index (χ3v) is 3.72. The van der Waals surface area contributed by atoms with E-state index in [9.17, 15) is 14.4 Å². The van der Waals surface area contributed by atoms with Gasteiger partial charge < -0.3 is 10.1 Å². The highest BCUT2D eigenvalue weighted by Crippen LogP contribution is 2.11. The van der Waals surface area contributed by atoms with E-state index in [4.69, 9.17) is 16.3 Å². The Morgan fingerprint density at radius 2 is 1.64 bits per heavy atom. The van der Waals surface area contributed by atoms with E-state index >= 15 is 0 Å². The van der Waals surface area contributed by atoms with E-state index in [-0.39, 0.29) is 18.8 Å². The Morgan fingerprint density at radius 3 is 2.24 bits per heavy atom. The standard InChI is InChI=1S/C19H18ClNO4/c1-2-25-19(24)16(12-17(22)13-6-4-3-5-7-13)21-18(23)14-8-10-15(20)11-9-14/h3-11,16H,2,12H2,1H3,(H,21,23). The van der Waals surface area contributed by atoms with E-state index in [1.807, 2.05) is 0 Å². The minimum Gasteiger partial charge on any atom is -0.464 e. The van der Waals surface area contributed by atoms with Crippen molar-refractivity contribution in [2.24, 2.45) is 0 Å². The van der Waals surface area contributed by atoms with E-state index in [1.165, 1.54) is 0 Å². The zero-order valence-electron chi connectivity index (χ0n) is 13.7. The van der Waals surface area contributed by atoms with Gasteiger partial charge in [0.1, 0.15) is 6.04 Å². The van der Waals surface area contributed by atoms with Crippen LogP contribution in [-0.4, -0.2) is 30.3 Å². The molecule has 2 aromatic carbocycles. The summed E-state index contributed by atoms with van der Waals surface area (Å²) in [5.74, 6) is -1.38. The van der Waals surface area contributed by atoms with Crippen LogP contribution in [0.4, 0.5) is 0 Å². The van der Waals surface area contributed by atoms with Gasteiger partial charge in [0, 0.05) is 22.6 Å². The summed E-state index contributed by atoms with van der Waals surface area (Å²) in [5.41, 5.74) is 0.809. The molecule has 0 aliphatic heterocycles. The summed E-state index contributed by atoms with van der Waals surface area (Å²) >= 11 is 5.80. The lowest BCUT2D eigenvalue weighted by atomic mass is 10.0. The van der Waals surface area contributed by atoms with Crippen molar-refractivity contribution in [2.45, 2.75) is 19.4 Å². The second kappa shape index (κ2) is 8.99. The molecule has 2 rings (SSSR count). The highest BCUT2D eigenvalue weighted by molar-refractivity contribution is 6.30. The molecule has 0 heterocycles. The minimum atomic E-state index is -1.06. The van der Waals surface area contributed by atoms with Gasteiger partial charge in [-0.2, -0.15) is 0 Å². The fourth-order valence-corrected chi connectivity index (χ4v) is 2.33. The molecule has 0 spiro atoms. The van der Waals surface area contributed by atoms with Gasteiger partial charge in [-0.1, -0.05) is 41.9 Å². The highest BCUT2D eigenvalue weighted by atomic mass is 35.5. The fraction of sp³-hybridized carbons (Fsp3) is 0.211. The van der Waals surface area contributed by atoms with Crippen LogP contribution in [-0.2, 0) is 9.53 Å². The van der Waals surface area contributed by atoms with Gasteiger partial charge in [0.15, 0.2) is 5.78 Å². The molecule has 0 saturated carbocycles. The van der Waals surface area contributed by atoms with Crippen LogP contribution in [0.25, 0.3) is 0 Å². The number of ketones is 1. The monoisotopic (exact) mass is 359 g/mol. The Kier molecular flexibility index (Phi) is 6.71. The summed E-state index contributed by atoms with van der Waals surface area (Å²) in [4.78, 5) is 36.8. The number of hydrogen-bond donors (Lipinski definition) is 1. The smallest absolute Gasteiger partial charge is 0.329 e. The minimum absolute atomic E-state index is 0.158. The van der Waals surface area contributed by atoms with Crippen molar-refractivity contribution < 1.29 is 19.1 Å². The average molecular weight is 360 g/mol. The topological polar surface area (TPSA) is 72.5 Å². The number of carbonyl (C=O) groups is 3. The number of ether oxygens (including phenoxy) is 1. The number of nitrogens with one attached hydrogen (secondary N) is 1. The number of Topliss-reactive ketones (excluding diaryl/α,β-unsaturated/α-hetero) is 1. The predicted octanol–water partition coefficient (Wildman–Crippen LogP) is 3.27. The number of hydrogen-bond acceptors (Lipinski definition) is 4. The Hall–Kier alpha value is -2.66. The molecule has 25 heavy (non-hydrogen) atoms. The largest absolute Gasteiger partial charge is 0.464 e. The molecule has 0 aliphatic rings. The van der Waals surface area contributed by atoms with E-state index < -0.39 is 17.9 Å². The molecule has 0 aliphatic carbocycles. The second-order valence-corrected chi connectivity index (χ2v) is 5.71. The number of amides is 1. The normalized spacial score (nSPS) is 11.4. The SMILES string of the molecule is CCOC(=O)C(CC(=O)c1ccccc1)NC(=O)c1ccc(Cl)cc1. The molecule has 0 bridgehead atoms. The van der Waals surface area contributed by atoms with Crippen LogP contribution < -0.4 is 5.32 Å². The number of esters is 1. The maximum absolute atomic E-state index is 12.3. The van der Waals surface area contributed by atoms with Crippen molar-refractivity contribution in [1.82, 2.24) is 5.32 Å². The summed E-state index contributed by atoms with van der Waals surface area (Å²) in [6.45, 7) is 1.82. The van der Waals surface area contributed by atoms with Crippen molar-refractivity contribution in [3.63, 3.8) is 0 Å². The van der Waals surface area contributed by atoms with E-state index in [2.05, 4.69) is 5.32 Å². The first-order valence-electron chi connectivity index (χ1n) is 7.82. The summed E-state index contributed by atoms with van der Waals surface area (Å²) < 4.78 is 4.97. The quantitative estimate of drug-likeness (QED) is 0.608. The first-order chi connectivity index (χ1) is 12.0. The molecule has 0 aromatic heterocycles. The lowest BCUT2D eigenvalue weighted by molar-refractivity contribution is -0.145. The molecule has 1 unspecified atom stereocenters. The van der Waals surface area contributed by atoms with Crippen molar-refractivity contribution in [3.05, 3.63) is 70.7 Å². The Bertz CT molecular complexity index is 744. The number of rotatable bonds is 7. The molecule has 2 aromatic rings. The Morgan fingerprint density at radius 1 is 1.00 bits per heavy atom. The Balaban J connectivity index is 2.12. The van der Waals surface area contributed by atoms with Crippen LogP contribution in [0, 0.1) is 0 Å². The number of halogens is 1. The van der Waals surface area contributed by atoms with Crippen LogP contribution in [0.3, 0.4) is 0 Å². The predicted molar refractivity (Wildman–Crippen MR) is 94.7 cm³/mol. The lowest BCUT2D eigenvalue weighted by Crippen LogP contribution is -2.43. The first-order valence-corrected chi connectivity index (χ1v) is 8.20. The zero-order chi connectivity index (χ0) is 18.2. The van der Waals surface area contributed by atoms with E-state index in [0.29, 0.717) is 16.1 Å². The molecule has 0 fully saturated rings. The molecule has 5 nitrogen and oxygen atoms in total. The van der Waals surface area contributed by atoms with Crippen LogP contribution in [0.15, 0.2) is 54.6 Å². The van der Waals surface area contributed by atoms with Gasteiger partial charge in [-0.05, 0) is 31.2 Å². The average Bonchev–Trinajstić information content (AvgIpc) is 2.62. The molecule has 6 heteroatoms. The van der Waals surface area contributed by atoms with Gasteiger partial charge in [0.05, 0.1) is 6.61 Å². The van der Waals surface area contributed by atoms with Crippen LogP contribution in [0.5, 0.6) is 0 Å². The van der Waals surface area contributed by atoms with Crippen molar-refractivity contribution in [2.75, 3.05) is 6.61 Å². The zero-order valence-corrected chi connectivity index (χ0v) is 14.5. The number of carbonyl (C=O) groups excluding carboxylic acids is 3. The van der Waals surface area contributed by atoms with Crippen LogP contribution in [0.1, 0.15) is 34.1 Å². The molecule has 0 saturated heterocycles. The van der Waals surface area contributed by atoms with Gasteiger partial charge in [0.2, 0.25) is 0 Å².